The standard InChI is InChI=1S/C19H25NO/c1-20-19(16-8-3-2-4-9-16)14-21-18-12-11-15-7-5-6-10-17(15)13-18/h5-7,10-13,16,19-20H,2-4,8-9,14H2,1H3. The largest absolute Gasteiger partial charge is 0.492 e. The molecule has 3 rings (SSSR count). The van der Waals surface area contributed by atoms with E-state index < -0.39 is 0 Å². The summed E-state index contributed by atoms with van der Waals surface area (Å²) in [6.45, 7) is 0.763. The highest BCUT2D eigenvalue weighted by molar-refractivity contribution is 5.83. The summed E-state index contributed by atoms with van der Waals surface area (Å²) in [6, 6.07) is 15.2. The lowest BCUT2D eigenvalue weighted by molar-refractivity contribution is 0.192. The molecule has 0 spiro atoms. The van der Waals surface area contributed by atoms with Gasteiger partial charge in [-0.25, -0.2) is 0 Å². The monoisotopic (exact) mass is 283 g/mol. The van der Waals surface area contributed by atoms with Crippen molar-refractivity contribution >= 4 is 10.8 Å². The number of rotatable bonds is 5. The molecule has 1 atom stereocenters. The van der Waals surface area contributed by atoms with Crippen molar-refractivity contribution in [2.45, 2.75) is 38.1 Å². The number of likely N-dealkylation sites (N-methyl/N-ethyl adjacent to an activating group) is 1. The van der Waals surface area contributed by atoms with Crippen molar-refractivity contribution in [3.05, 3.63) is 42.5 Å². The van der Waals surface area contributed by atoms with Crippen LogP contribution in [0.1, 0.15) is 32.1 Å². The van der Waals surface area contributed by atoms with Gasteiger partial charge in [0, 0.05) is 6.04 Å². The van der Waals surface area contributed by atoms with Crippen molar-refractivity contribution in [1.82, 2.24) is 5.32 Å². The summed E-state index contributed by atoms with van der Waals surface area (Å²) in [4.78, 5) is 0. The summed E-state index contributed by atoms with van der Waals surface area (Å²) in [7, 11) is 2.06. The highest BCUT2D eigenvalue weighted by Gasteiger charge is 2.22. The first-order chi connectivity index (χ1) is 10.4. The van der Waals surface area contributed by atoms with Gasteiger partial charge >= 0.3 is 0 Å². The maximum absolute atomic E-state index is 6.06. The van der Waals surface area contributed by atoms with Crippen LogP contribution in [0.5, 0.6) is 5.75 Å². The highest BCUT2D eigenvalue weighted by Crippen LogP contribution is 2.27. The minimum Gasteiger partial charge on any atom is -0.492 e. The van der Waals surface area contributed by atoms with Gasteiger partial charge in [-0.15, -0.1) is 0 Å². The third-order valence-electron chi connectivity index (χ3n) is 4.74. The van der Waals surface area contributed by atoms with Gasteiger partial charge in [-0.2, -0.15) is 0 Å². The molecule has 2 aromatic carbocycles. The molecule has 1 aliphatic carbocycles. The van der Waals surface area contributed by atoms with Gasteiger partial charge in [0.1, 0.15) is 12.4 Å². The Kier molecular flexibility index (Phi) is 4.76. The van der Waals surface area contributed by atoms with Crippen LogP contribution in [0.3, 0.4) is 0 Å². The molecule has 0 amide bonds. The first-order valence-electron chi connectivity index (χ1n) is 8.15. The molecule has 0 radical (unpaired) electrons. The molecule has 0 heterocycles. The van der Waals surface area contributed by atoms with Gasteiger partial charge in [-0.1, -0.05) is 49.6 Å². The first kappa shape index (κ1) is 14.4. The van der Waals surface area contributed by atoms with E-state index in [0.717, 1.165) is 18.3 Å². The predicted octanol–water partition coefficient (Wildman–Crippen LogP) is 4.39. The van der Waals surface area contributed by atoms with Crippen molar-refractivity contribution in [3.8, 4) is 5.75 Å². The summed E-state index contributed by atoms with van der Waals surface area (Å²) < 4.78 is 6.06. The van der Waals surface area contributed by atoms with Gasteiger partial charge in [-0.05, 0) is 48.7 Å². The van der Waals surface area contributed by atoms with Gasteiger partial charge in [0.05, 0.1) is 0 Å². The van der Waals surface area contributed by atoms with E-state index in [1.165, 1.54) is 42.9 Å². The Bertz CT molecular complexity index is 575. The summed E-state index contributed by atoms with van der Waals surface area (Å²) in [5, 5.41) is 5.96. The third kappa shape index (κ3) is 3.56. The van der Waals surface area contributed by atoms with Gasteiger partial charge in [-0.3, -0.25) is 0 Å². The molecule has 21 heavy (non-hydrogen) atoms. The van der Waals surface area contributed by atoms with E-state index in [1.807, 2.05) is 0 Å². The SMILES string of the molecule is CNC(COc1ccc2ccccc2c1)C1CCCCC1. The van der Waals surface area contributed by atoms with E-state index in [-0.39, 0.29) is 0 Å². The van der Waals surface area contributed by atoms with Gasteiger partial charge in [0.25, 0.3) is 0 Å². The Hall–Kier alpha value is -1.54. The summed E-state index contributed by atoms with van der Waals surface area (Å²) in [6.07, 6.45) is 6.83. The molecule has 0 saturated heterocycles. The summed E-state index contributed by atoms with van der Waals surface area (Å²) in [5.74, 6) is 1.74. The zero-order valence-electron chi connectivity index (χ0n) is 12.8. The number of nitrogens with one attached hydrogen (secondary N) is 1. The van der Waals surface area contributed by atoms with E-state index in [2.05, 4.69) is 54.8 Å². The lowest BCUT2D eigenvalue weighted by Crippen LogP contribution is -2.39. The average Bonchev–Trinajstić information content (AvgIpc) is 2.56. The molecule has 1 saturated carbocycles. The van der Waals surface area contributed by atoms with Crippen LogP contribution in [0.2, 0.25) is 0 Å². The summed E-state index contributed by atoms with van der Waals surface area (Å²) >= 11 is 0. The van der Waals surface area contributed by atoms with Crippen molar-refractivity contribution in [2.24, 2.45) is 5.92 Å². The fourth-order valence-corrected chi connectivity index (χ4v) is 3.43. The molecule has 112 valence electrons. The fourth-order valence-electron chi connectivity index (χ4n) is 3.43. The zero-order chi connectivity index (χ0) is 14.5. The lowest BCUT2D eigenvalue weighted by Gasteiger charge is -2.30. The molecule has 1 fully saturated rings. The number of hydrogen-bond acceptors (Lipinski definition) is 2. The Labute approximate surface area is 127 Å². The average molecular weight is 283 g/mol. The molecule has 1 N–H and O–H groups in total. The number of hydrogen-bond donors (Lipinski definition) is 1. The fraction of sp³-hybridized carbons (Fsp3) is 0.474. The molecular formula is C19H25NO. The van der Waals surface area contributed by atoms with Crippen LogP contribution in [0.4, 0.5) is 0 Å². The van der Waals surface area contributed by atoms with Crippen molar-refractivity contribution in [2.75, 3.05) is 13.7 Å². The van der Waals surface area contributed by atoms with Crippen LogP contribution in [-0.4, -0.2) is 19.7 Å². The quantitative estimate of drug-likeness (QED) is 0.879. The normalized spacial score (nSPS) is 17.8. The molecule has 1 unspecified atom stereocenters. The molecule has 1 aliphatic rings. The smallest absolute Gasteiger partial charge is 0.120 e. The molecule has 2 nitrogen and oxygen atoms in total. The third-order valence-corrected chi connectivity index (χ3v) is 4.74. The van der Waals surface area contributed by atoms with E-state index in [1.54, 1.807) is 0 Å². The molecule has 0 bridgehead atoms. The van der Waals surface area contributed by atoms with Crippen LogP contribution >= 0.6 is 0 Å². The van der Waals surface area contributed by atoms with Gasteiger partial charge in [0.15, 0.2) is 0 Å². The lowest BCUT2D eigenvalue weighted by atomic mass is 9.84. The van der Waals surface area contributed by atoms with E-state index in [0.29, 0.717) is 6.04 Å². The number of ether oxygens (including phenoxy) is 1. The zero-order valence-corrected chi connectivity index (χ0v) is 12.8. The summed E-state index contributed by atoms with van der Waals surface area (Å²) in [5.41, 5.74) is 0. The van der Waals surface area contributed by atoms with Crippen molar-refractivity contribution in [3.63, 3.8) is 0 Å². The maximum Gasteiger partial charge on any atom is 0.120 e. The van der Waals surface area contributed by atoms with E-state index in [4.69, 9.17) is 4.74 Å². The van der Waals surface area contributed by atoms with Crippen LogP contribution in [0, 0.1) is 5.92 Å². The molecule has 0 aromatic heterocycles. The topological polar surface area (TPSA) is 21.3 Å². The number of benzene rings is 2. The van der Waals surface area contributed by atoms with Gasteiger partial charge < -0.3 is 10.1 Å². The van der Waals surface area contributed by atoms with E-state index in [9.17, 15) is 0 Å². The second-order valence-electron chi connectivity index (χ2n) is 6.11. The first-order valence-corrected chi connectivity index (χ1v) is 8.15. The van der Waals surface area contributed by atoms with Crippen molar-refractivity contribution < 1.29 is 4.74 Å². The minimum absolute atomic E-state index is 0.469. The Morgan fingerprint density at radius 2 is 1.81 bits per heavy atom. The van der Waals surface area contributed by atoms with Crippen LogP contribution in [-0.2, 0) is 0 Å². The second kappa shape index (κ2) is 6.95. The Morgan fingerprint density at radius 1 is 1.05 bits per heavy atom. The Balaban J connectivity index is 1.64. The minimum atomic E-state index is 0.469. The highest BCUT2D eigenvalue weighted by atomic mass is 16.5. The second-order valence-corrected chi connectivity index (χ2v) is 6.11. The Morgan fingerprint density at radius 3 is 2.57 bits per heavy atom. The van der Waals surface area contributed by atoms with Crippen LogP contribution < -0.4 is 10.1 Å². The molecule has 0 aliphatic heterocycles. The van der Waals surface area contributed by atoms with Crippen LogP contribution in [0.15, 0.2) is 42.5 Å². The van der Waals surface area contributed by atoms with E-state index >= 15 is 0 Å². The van der Waals surface area contributed by atoms with Crippen molar-refractivity contribution in [1.29, 1.82) is 0 Å². The molecule has 2 aromatic rings. The predicted molar refractivity (Wildman–Crippen MR) is 88.9 cm³/mol. The van der Waals surface area contributed by atoms with Gasteiger partial charge in [0.2, 0.25) is 0 Å². The van der Waals surface area contributed by atoms with Crippen LogP contribution in [0.25, 0.3) is 10.8 Å². The number of fused-ring (bicyclic) bond motifs is 1. The molecular weight excluding hydrogens is 258 g/mol. The maximum atomic E-state index is 6.06. The molecule has 2 heteroatoms.